The minimum atomic E-state index is -1.11. The smallest absolute Gasteiger partial charge is 0.304 e. The van der Waals surface area contributed by atoms with Crippen LogP contribution < -0.4 is 5.32 Å². The molecule has 2 aliphatic heterocycles. The van der Waals surface area contributed by atoms with E-state index in [0.29, 0.717) is 29.5 Å². The highest BCUT2D eigenvalue weighted by molar-refractivity contribution is 6.30. The van der Waals surface area contributed by atoms with Gasteiger partial charge in [0.1, 0.15) is 5.82 Å². The number of benzene rings is 1. The number of carboxylic acids is 1. The summed E-state index contributed by atoms with van der Waals surface area (Å²) in [7, 11) is 0. The Balaban J connectivity index is 2.02. The number of aliphatic carboxylic acids is 1. The first-order valence-electron chi connectivity index (χ1n) is 6.80. The van der Waals surface area contributed by atoms with Gasteiger partial charge in [-0.25, -0.2) is 0 Å². The average Bonchev–Trinajstić information content (AvgIpc) is 3.03. The highest BCUT2D eigenvalue weighted by Crippen LogP contribution is 2.34. The van der Waals surface area contributed by atoms with Crippen molar-refractivity contribution >= 4 is 29.3 Å². The molecule has 0 radical (unpaired) electrons. The number of rotatable bonds is 4. The summed E-state index contributed by atoms with van der Waals surface area (Å²) >= 11 is 5.81. The summed E-state index contributed by atoms with van der Waals surface area (Å²) < 4.78 is 0. The Bertz CT molecular complexity index is 696. The Kier molecular flexibility index (Phi) is 3.62. The van der Waals surface area contributed by atoms with E-state index in [1.165, 1.54) is 4.90 Å². The number of fused-ring (bicyclic) bond motifs is 1. The molecule has 1 atom stereocenters. The number of nitrogens with zero attached hydrogens (tertiary/aromatic N) is 1. The van der Waals surface area contributed by atoms with E-state index < -0.39 is 18.3 Å². The molecule has 0 saturated carbocycles. The minimum absolute atomic E-state index is 0.229. The average molecular weight is 321 g/mol. The number of hydrogen-bond donors (Lipinski definition) is 2. The summed E-state index contributed by atoms with van der Waals surface area (Å²) in [6.07, 6.45) is -0.394. The van der Waals surface area contributed by atoms with Crippen molar-refractivity contribution in [2.45, 2.75) is 6.42 Å². The van der Waals surface area contributed by atoms with Gasteiger partial charge in [0.15, 0.2) is 5.78 Å². The van der Waals surface area contributed by atoms with Crippen LogP contribution in [0.4, 0.5) is 0 Å². The van der Waals surface area contributed by atoms with Gasteiger partial charge in [0.05, 0.1) is 17.9 Å². The van der Waals surface area contributed by atoms with Gasteiger partial charge in [-0.1, -0.05) is 11.6 Å². The van der Waals surface area contributed by atoms with Crippen molar-refractivity contribution in [1.29, 1.82) is 0 Å². The SMILES string of the molecule is O=C(O)CC1C(=O)N2CCNC2=C1C(=O)c1ccc(Cl)cc1. The summed E-state index contributed by atoms with van der Waals surface area (Å²) in [6, 6.07) is 6.31. The highest BCUT2D eigenvalue weighted by Gasteiger charge is 2.45. The molecule has 114 valence electrons. The first kappa shape index (κ1) is 14.6. The lowest BCUT2D eigenvalue weighted by Crippen LogP contribution is -2.29. The van der Waals surface area contributed by atoms with Crippen LogP contribution >= 0.6 is 11.6 Å². The normalized spacial score (nSPS) is 20.1. The summed E-state index contributed by atoms with van der Waals surface area (Å²) in [5.74, 6) is -2.29. The third kappa shape index (κ3) is 2.35. The van der Waals surface area contributed by atoms with Crippen molar-refractivity contribution in [3.63, 3.8) is 0 Å². The Morgan fingerprint density at radius 1 is 1.32 bits per heavy atom. The summed E-state index contributed by atoms with van der Waals surface area (Å²) in [4.78, 5) is 37.5. The Morgan fingerprint density at radius 2 is 2.00 bits per heavy atom. The van der Waals surface area contributed by atoms with Crippen LogP contribution in [0.3, 0.4) is 0 Å². The van der Waals surface area contributed by atoms with Gasteiger partial charge in [0, 0.05) is 23.7 Å². The van der Waals surface area contributed by atoms with E-state index in [-0.39, 0.29) is 17.3 Å². The third-order valence-electron chi connectivity index (χ3n) is 3.80. The van der Waals surface area contributed by atoms with Crippen LogP contribution in [-0.2, 0) is 9.59 Å². The molecule has 0 spiro atoms. The van der Waals surface area contributed by atoms with Gasteiger partial charge in [-0.2, -0.15) is 0 Å². The van der Waals surface area contributed by atoms with E-state index in [4.69, 9.17) is 16.7 Å². The molecule has 3 rings (SSSR count). The van der Waals surface area contributed by atoms with Crippen molar-refractivity contribution in [3.8, 4) is 0 Å². The van der Waals surface area contributed by atoms with E-state index >= 15 is 0 Å². The number of carboxylic acid groups (broad SMARTS) is 1. The van der Waals surface area contributed by atoms with Crippen LogP contribution in [0.1, 0.15) is 16.8 Å². The van der Waals surface area contributed by atoms with E-state index in [2.05, 4.69) is 5.32 Å². The molecule has 1 aromatic carbocycles. The zero-order chi connectivity index (χ0) is 15.9. The zero-order valence-corrected chi connectivity index (χ0v) is 12.3. The topological polar surface area (TPSA) is 86.7 Å². The predicted octanol–water partition coefficient (Wildman–Crippen LogP) is 1.27. The number of halogens is 1. The van der Waals surface area contributed by atoms with Crippen molar-refractivity contribution < 1.29 is 19.5 Å². The van der Waals surface area contributed by atoms with Crippen LogP contribution in [0.25, 0.3) is 0 Å². The lowest BCUT2D eigenvalue weighted by atomic mass is 9.91. The molecular weight excluding hydrogens is 308 g/mol. The van der Waals surface area contributed by atoms with Gasteiger partial charge in [0.25, 0.3) is 0 Å². The van der Waals surface area contributed by atoms with Crippen LogP contribution in [0.5, 0.6) is 0 Å². The second kappa shape index (κ2) is 5.46. The first-order chi connectivity index (χ1) is 10.5. The number of hydrogen-bond acceptors (Lipinski definition) is 4. The molecule has 2 heterocycles. The molecule has 6 nitrogen and oxygen atoms in total. The van der Waals surface area contributed by atoms with Gasteiger partial charge in [-0.05, 0) is 24.3 Å². The summed E-state index contributed by atoms with van der Waals surface area (Å²) in [6.45, 7) is 1.000. The molecule has 1 aromatic rings. The first-order valence-corrected chi connectivity index (χ1v) is 7.18. The summed E-state index contributed by atoms with van der Waals surface area (Å²) in [5, 5.41) is 12.5. The van der Waals surface area contributed by atoms with E-state index in [1.54, 1.807) is 24.3 Å². The number of Topliss-reactive ketones (excluding diaryl/α,β-unsaturated/α-hetero) is 1. The molecule has 1 unspecified atom stereocenters. The number of carbonyl (C=O) groups excluding carboxylic acids is 2. The molecule has 0 aromatic heterocycles. The van der Waals surface area contributed by atoms with Crippen LogP contribution in [0.2, 0.25) is 5.02 Å². The van der Waals surface area contributed by atoms with Gasteiger partial charge >= 0.3 is 5.97 Å². The second-order valence-corrected chi connectivity index (χ2v) is 5.60. The van der Waals surface area contributed by atoms with E-state index in [9.17, 15) is 14.4 Å². The molecule has 0 aliphatic carbocycles. The number of carbonyl (C=O) groups is 3. The van der Waals surface area contributed by atoms with Crippen molar-refractivity contribution in [2.75, 3.05) is 13.1 Å². The molecule has 22 heavy (non-hydrogen) atoms. The van der Waals surface area contributed by atoms with Crippen LogP contribution in [0, 0.1) is 5.92 Å². The molecule has 1 fully saturated rings. The summed E-state index contributed by atoms with van der Waals surface area (Å²) in [5.41, 5.74) is 0.609. The van der Waals surface area contributed by atoms with Crippen LogP contribution in [0.15, 0.2) is 35.7 Å². The predicted molar refractivity (Wildman–Crippen MR) is 78.3 cm³/mol. The minimum Gasteiger partial charge on any atom is -0.481 e. The highest BCUT2D eigenvalue weighted by atomic mass is 35.5. The zero-order valence-electron chi connectivity index (χ0n) is 11.5. The fourth-order valence-corrected chi connectivity index (χ4v) is 2.94. The molecule has 1 saturated heterocycles. The number of ketones is 1. The van der Waals surface area contributed by atoms with E-state index in [0.717, 1.165) is 0 Å². The Hall–Kier alpha value is -2.34. The number of amides is 1. The largest absolute Gasteiger partial charge is 0.481 e. The quantitative estimate of drug-likeness (QED) is 0.816. The van der Waals surface area contributed by atoms with Gasteiger partial charge in [0.2, 0.25) is 5.91 Å². The fraction of sp³-hybridized carbons (Fsp3) is 0.267. The van der Waals surface area contributed by atoms with Gasteiger partial charge < -0.3 is 10.4 Å². The lowest BCUT2D eigenvalue weighted by Gasteiger charge is -2.12. The maximum absolute atomic E-state index is 12.7. The fourth-order valence-electron chi connectivity index (χ4n) is 2.82. The standard InChI is InChI=1S/C15H13ClN2O4/c16-9-3-1-8(2-4-9)13(21)12-10(7-11(19)20)15(22)18-6-5-17-14(12)18/h1-4,10,17H,5-7H2,(H,19,20). The second-order valence-electron chi connectivity index (χ2n) is 5.17. The lowest BCUT2D eigenvalue weighted by molar-refractivity contribution is -0.141. The third-order valence-corrected chi connectivity index (χ3v) is 4.05. The van der Waals surface area contributed by atoms with Crippen molar-refractivity contribution in [2.24, 2.45) is 5.92 Å². The van der Waals surface area contributed by atoms with Crippen LogP contribution in [-0.4, -0.2) is 40.8 Å². The Labute approximate surface area is 131 Å². The Morgan fingerprint density at radius 3 is 2.64 bits per heavy atom. The molecular formula is C15H13ClN2O4. The van der Waals surface area contributed by atoms with Gasteiger partial charge in [-0.3, -0.25) is 19.3 Å². The van der Waals surface area contributed by atoms with Crippen molar-refractivity contribution in [1.82, 2.24) is 10.2 Å². The molecule has 2 N–H and O–H groups in total. The maximum Gasteiger partial charge on any atom is 0.304 e. The monoisotopic (exact) mass is 320 g/mol. The van der Waals surface area contributed by atoms with Gasteiger partial charge in [-0.15, -0.1) is 0 Å². The maximum atomic E-state index is 12.7. The molecule has 2 aliphatic rings. The molecule has 7 heteroatoms. The van der Waals surface area contributed by atoms with E-state index in [1.807, 2.05) is 0 Å². The van der Waals surface area contributed by atoms with Crippen molar-refractivity contribution in [3.05, 3.63) is 46.2 Å². The molecule has 1 amide bonds. The molecule has 0 bridgehead atoms. The number of nitrogens with one attached hydrogen (secondary N) is 1.